The molecule has 0 aliphatic heterocycles. The van der Waals surface area contributed by atoms with Gasteiger partial charge >= 0.3 is 0 Å². The van der Waals surface area contributed by atoms with Crippen LogP contribution >= 0.6 is 34.5 Å². The summed E-state index contributed by atoms with van der Waals surface area (Å²) in [6, 6.07) is 3.34. The third kappa shape index (κ3) is 3.38. The van der Waals surface area contributed by atoms with E-state index in [-0.39, 0.29) is 12.5 Å². The molecule has 0 atom stereocenters. The fraction of sp³-hybridized carbons (Fsp3) is 0.125. The van der Waals surface area contributed by atoms with Gasteiger partial charge in [-0.25, -0.2) is 0 Å². The molecule has 13 heavy (non-hydrogen) atoms. The van der Waals surface area contributed by atoms with E-state index in [2.05, 4.69) is 11.9 Å². The van der Waals surface area contributed by atoms with Crippen LogP contribution in [0.1, 0.15) is 9.67 Å². The molecule has 0 spiro atoms. The molecule has 2 nitrogen and oxygen atoms in total. The zero-order chi connectivity index (χ0) is 9.84. The Kier molecular flexibility index (Phi) is 3.78. The number of hydrogen-bond acceptors (Lipinski definition) is 2. The van der Waals surface area contributed by atoms with Gasteiger partial charge in [0, 0.05) is 5.03 Å². The van der Waals surface area contributed by atoms with Gasteiger partial charge in [-0.2, -0.15) is 0 Å². The lowest BCUT2D eigenvalue weighted by molar-refractivity contribution is 0.0961. The minimum Gasteiger partial charge on any atom is -0.346 e. The van der Waals surface area contributed by atoms with Crippen molar-refractivity contribution in [3.8, 4) is 0 Å². The number of thiophene rings is 1. The van der Waals surface area contributed by atoms with Crippen LogP contribution in [0, 0.1) is 0 Å². The maximum Gasteiger partial charge on any atom is 0.261 e. The van der Waals surface area contributed by atoms with E-state index in [1.807, 2.05) is 0 Å². The van der Waals surface area contributed by atoms with Crippen molar-refractivity contribution in [2.24, 2.45) is 0 Å². The summed E-state index contributed by atoms with van der Waals surface area (Å²) in [5.74, 6) is -0.182. The summed E-state index contributed by atoms with van der Waals surface area (Å²) < 4.78 is 0.592. The lowest BCUT2D eigenvalue weighted by atomic mass is 10.4. The van der Waals surface area contributed by atoms with E-state index < -0.39 is 0 Å². The summed E-state index contributed by atoms with van der Waals surface area (Å²) >= 11 is 12.4. The molecule has 1 amide bonds. The van der Waals surface area contributed by atoms with Crippen LogP contribution in [-0.2, 0) is 0 Å². The molecule has 1 aromatic heterocycles. The lowest BCUT2D eigenvalue weighted by Gasteiger charge is -1.99. The number of carbonyl (C=O) groups excluding carboxylic acids is 1. The van der Waals surface area contributed by atoms with E-state index in [0.717, 1.165) is 0 Å². The largest absolute Gasteiger partial charge is 0.346 e. The van der Waals surface area contributed by atoms with Crippen molar-refractivity contribution < 1.29 is 4.79 Å². The molecule has 70 valence electrons. The Balaban J connectivity index is 2.54. The van der Waals surface area contributed by atoms with E-state index in [1.165, 1.54) is 11.3 Å². The van der Waals surface area contributed by atoms with E-state index in [4.69, 9.17) is 23.2 Å². The highest BCUT2D eigenvalue weighted by Gasteiger charge is 2.07. The molecule has 0 unspecified atom stereocenters. The molecule has 0 radical (unpaired) electrons. The molecular weight excluding hydrogens is 229 g/mol. The molecule has 0 aromatic carbocycles. The minimum absolute atomic E-state index is 0.182. The van der Waals surface area contributed by atoms with Gasteiger partial charge in [0.2, 0.25) is 0 Å². The third-order valence-corrected chi connectivity index (χ3v) is 2.60. The summed E-state index contributed by atoms with van der Waals surface area (Å²) in [7, 11) is 0. The number of rotatable bonds is 3. The van der Waals surface area contributed by atoms with Crippen molar-refractivity contribution in [1.29, 1.82) is 0 Å². The summed E-state index contributed by atoms with van der Waals surface area (Å²) in [5, 5.41) is 2.99. The fourth-order valence-corrected chi connectivity index (χ4v) is 1.73. The Bertz CT molecular complexity index is 335. The van der Waals surface area contributed by atoms with Crippen LogP contribution in [0.5, 0.6) is 0 Å². The Labute approximate surface area is 90.2 Å². The number of amides is 1. The van der Waals surface area contributed by atoms with Gasteiger partial charge in [-0.15, -0.1) is 11.3 Å². The SMILES string of the molecule is C=C(Cl)CNC(=O)c1ccc(Cl)s1. The van der Waals surface area contributed by atoms with Crippen LogP contribution in [0.25, 0.3) is 0 Å². The molecule has 0 aliphatic carbocycles. The Morgan fingerprint density at radius 3 is 2.77 bits per heavy atom. The smallest absolute Gasteiger partial charge is 0.261 e. The third-order valence-electron chi connectivity index (χ3n) is 1.24. The predicted octanol–water partition coefficient (Wildman–Crippen LogP) is 2.88. The van der Waals surface area contributed by atoms with Gasteiger partial charge in [0.25, 0.3) is 5.91 Å². The van der Waals surface area contributed by atoms with Gasteiger partial charge in [0.1, 0.15) is 0 Å². The summed E-state index contributed by atoms with van der Waals surface area (Å²) in [5.41, 5.74) is 0. The summed E-state index contributed by atoms with van der Waals surface area (Å²) in [6.07, 6.45) is 0. The fourth-order valence-electron chi connectivity index (χ4n) is 0.700. The summed E-state index contributed by atoms with van der Waals surface area (Å²) in [6.45, 7) is 3.73. The van der Waals surface area contributed by atoms with Crippen LogP contribution < -0.4 is 5.32 Å². The van der Waals surface area contributed by atoms with Crippen molar-refractivity contribution in [2.75, 3.05) is 6.54 Å². The van der Waals surface area contributed by atoms with Gasteiger partial charge < -0.3 is 5.32 Å². The molecule has 1 aromatic rings. The number of carbonyl (C=O) groups is 1. The number of nitrogens with one attached hydrogen (secondary N) is 1. The highest BCUT2D eigenvalue weighted by atomic mass is 35.5. The predicted molar refractivity (Wildman–Crippen MR) is 56.7 cm³/mol. The van der Waals surface area contributed by atoms with Crippen molar-refractivity contribution in [3.05, 3.63) is 33.0 Å². The zero-order valence-electron chi connectivity index (χ0n) is 6.64. The quantitative estimate of drug-likeness (QED) is 0.858. The zero-order valence-corrected chi connectivity index (χ0v) is 8.97. The molecular formula is C8H7Cl2NOS. The van der Waals surface area contributed by atoms with Crippen LogP contribution in [0.2, 0.25) is 4.34 Å². The van der Waals surface area contributed by atoms with Crippen LogP contribution in [0.4, 0.5) is 0 Å². The number of halogens is 2. The second-order valence-corrected chi connectivity index (χ2v) is 4.55. The standard InChI is InChI=1S/C8H7Cl2NOS/c1-5(9)4-11-8(12)6-2-3-7(10)13-6/h2-3H,1,4H2,(H,11,12). The molecule has 5 heteroatoms. The molecule has 0 saturated carbocycles. The molecule has 0 fully saturated rings. The highest BCUT2D eigenvalue weighted by molar-refractivity contribution is 7.17. The number of hydrogen-bond donors (Lipinski definition) is 1. The summed E-state index contributed by atoms with van der Waals surface area (Å²) in [4.78, 5) is 11.9. The highest BCUT2D eigenvalue weighted by Crippen LogP contribution is 2.21. The average molecular weight is 236 g/mol. The molecule has 0 aliphatic rings. The topological polar surface area (TPSA) is 29.1 Å². The van der Waals surface area contributed by atoms with Crippen LogP contribution in [-0.4, -0.2) is 12.5 Å². The Morgan fingerprint density at radius 1 is 1.62 bits per heavy atom. The van der Waals surface area contributed by atoms with Gasteiger partial charge in [0.05, 0.1) is 15.8 Å². The molecule has 1 rings (SSSR count). The maximum atomic E-state index is 11.3. The second-order valence-electron chi connectivity index (χ2n) is 2.30. The molecule has 1 heterocycles. The Morgan fingerprint density at radius 2 is 2.31 bits per heavy atom. The normalized spacial score (nSPS) is 9.69. The van der Waals surface area contributed by atoms with Crippen LogP contribution in [0.3, 0.4) is 0 Å². The van der Waals surface area contributed by atoms with Crippen molar-refractivity contribution in [2.45, 2.75) is 0 Å². The first-order valence-corrected chi connectivity index (χ1v) is 5.03. The van der Waals surface area contributed by atoms with Gasteiger partial charge in [0.15, 0.2) is 0 Å². The monoisotopic (exact) mass is 235 g/mol. The van der Waals surface area contributed by atoms with Crippen molar-refractivity contribution >= 4 is 40.4 Å². The van der Waals surface area contributed by atoms with E-state index in [0.29, 0.717) is 14.2 Å². The first kappa shape index (κ1) is 10.6. The maximum absolute atomic E-state index is 11.3. The first-order valence-electron chi connectivity index (χ1n) is 3.46. The van der Waals surface area contributed by atoms with Gasteiger partial charge in [-0.05, 0) is 12.1 Å². The molecule has 0 saturated heterocycles. The first-order chi connectivity index (χ1) is 6.09. The van der Waals surface area contributed by atoms with E-state index in [9.17, 15) is 4.79 Å². The Hall–Kier alpha value is -0.510. The average Bonchev–Trinajstić information content (AvgIpc) is 2.47. The van der Waals surface area contributed by atoms with Gasteiger partial charge in [-0.1, -0.05) is 29.8 Å². The van der Waals surface area contributed by atoms with Crippen molar-refractivity contribution in [3.63, 3.8) is 0 Å². The van der Waals surface area contributed by atoms with Crippen molar-refractivity contribution in [1.82, 2.24) is 5.32 Å². The van der Waals surface area contributed by atoms with Gasteiger partial charge in [-0.3, -0.25) is 4.79 Å². The molecule has 0 bridgehead atoms. The van der Waals surface area contributed by atoms with E-state index in [1.54, 1.807) is 12.1 Å². The second kappa shape index (κ2) is 4.65. The minimum atomic E-state index is -0.182. The molecule has 1 N–H and O–H groups in total. The van der Waals surface area contributed by atoms with E-state index >= 15 is 0 Å². The van der Waals surface area contributed by atoms with Crippen LogP contribution in [0.15, 0.2) is 23.7 Å². The lowest BCUT2D eigenvalue weighted by Crippen LogP contribution is -2.23.